The Morgan fingerprint density at radius 3 is 2.59 bits per heavy atom. The molecule has 1 aliphatic rings. The van der Waals surface area contributed by atoms with Gasteiger partial charge in [0.1, 0.15) is 11.6 Å². The van der Waals surface area contributed by atoms with Crippen LogP contribution in [0.1, 0.15) is 36.8 Å². The highest BCUT2D eigenvalue weighted by Crippen LogP contribution is 2.40. The lowest BCUT2D eigenvalue weighted by Crippen LogP contribution is -2.45. The lowest BCUT2D eigenvalue weighted by molar-refractivity contribution is 0.00984. The van der Waals surface area contributed by atoms with Crippen LogP contribution in [0.2, 0.25) is 0 Å². The van der Waals surface area contributed by atoms with E-state index in [1.54, 1.807) is 37.8 Å². The highest BCUT2D eigenvalue weighted by molar-refractivity contribution is 5.66. The van der Waals surface area contributed by atoms with E-state index >= 15 is 0 Å². The molecule has 10 heteroatoms. The van der Waals surface area contributed by atoms with E-state index in [1.165, 1.54) is 23.8 Å². The molecular formula is C27H30F2N6O2. The number of rotatable bonds is 7. The first-order valence-electron chi connectivity index (χ1n) is 12.2. The third-order valence-electron chi connectivity index (χ3n) is 7.06. The molecule has 0 unspecified atom stereocenters. The van der Waals surface area contributed by atoms with Crippen molar-refractivity contribution in [2.75, 3.05) is 19.5 Å². The first-order valence-corrected chi connectivity index (χ1v) is 12.2. The summed E-state index contributed by atoms with van der Waals surface area (Å²) in [6, 6.07) is 7.72. The average molecular weight is 509 g/mol. The minimum atomic E-state index is -0.708. The summed E-state index contributed by atoms with van der Waals surface area (Å²) in [5, 5.41) is 7.84. The van der Waals surface area contributed by atoms with Gasteiger partial charge in [0, 0.05) is 26.5 Å². The molecule has 3 heterocycles. The van der Waals surface area contributed by atoms with Gasteiger partial charge in [-0.05, 0) is 66.1 Å². The molecule has 0 saturated heterocycles. The summed E-state index contributed by atoms with van der Waals surface area (Å²) in [4.78, 5) is 8.76. The highest BCUT2D eigenvalue weighted by Gasteiger charge is 2.35. The summed E-state index contributed by atoms with van der Waals surface area (Å²) in [5.74, 6) is -0.493. The number of imidazole rings is 1. The van der Waals surface area contributed by atoms with Crippen LogP contribution in [0.4, 0.5) is 20.4 Å². The standard InChI is InChI=1S/C27H30F2N6O2/c1-15-8-17(11-22(30)26(15)37-3)19-6-7-31-13-24(19)33-27-32-12-18-4-5-23(34-35(18)27)25-20(28)9-16(14-36-2)10-21(25)29/h4-7,9-10,12-13,15,17,22,26H,8,11,14,30H2,1-3H3,(H,32,33)/t15-,17+,22+,26+/m0/s1. The van der Waals surface area contributed by atoms with Gasteiger partial charge >= 0.3 is 0 Å². The number of methoxy groups -OCH3 is 2. The smallest absolute Gasteiger partial charge is 0.229 e. The highest BCUT2D eigenvalue weighted by atomic mass is 19.1. The SMILES string of the molecule is COCc1cc(F)c(-c2ccc3cnc(Nc4cnccc4[C@H]4C[C@@H](N)[C@H](OC)[C@@H](C)C4)n3n2)c(F)c1. The number of nitrogens with zero attached hydrogens (tertiary/aromatic N) is 4. The zero-order valence-corrected chi connectivity index (χ0v) is 21.0. The molecule has 0 spiro atoms. The van der Waals surface area contributed by atoms with E-state index in [0.717, 1.165) is 24.1 Å². The van der Waals surface area contributed by atoms with Crippen molar-refractivity contribution >= 4 is 17.2 Å². The van der Waals surface area contributed by atoms with Crippen LogP contribution in [-0.4, -0.2) is 45.9 Å². The van der Waals surface area contributed by atoms with Crippen molar-refractivity contribution in [3.05, 3.63) is 71.7 Å². The second kappa shape index (κ2) is 10.5. The van der Waals surface area contributed by atoms with E-state index in [-0.39, 0.29) is 35.9 Å². The van der Waals surface area contributed by atoms with Crippen LogP contribution in [0.5, 0.6) is 0 Å². The predicted molar refractivity (Wildman–Crippen MR) is 136 cm³/mol. The number of nitrogens with two attached hydrogens (primary N) is 1. The molecule has 4 atom stereocenters. The Balaban J connectivity index is 1.48. The van der Waals surface area contributed by atoms with Crippen molar-refractivity contribution in [2.45, 2.75) is 44.4 Å². The molecule has 0 bridgehead atoms. The van der Waals surface area contributed by atoms with E-state index in [1.807, 2.05) is 6.07 Å². The molecule has 37 heavy (non-hydrogen) atoms. The second-order valence-corrected chi connectivity index (χ2v) is 9.60. The zero-order chi connectivity index (χ0) is 26.1. The quantitative estimate of drug-likeness (QED) is 0.369. The number of pyridine rings is 1. The van der Waals surface area contributed by atoms with Gasteiger partial charge in [-0.2, -0.15) is 9.61 Å². The fourth-order valence-corrected chi connectivity index (χ4v) is 5.43. The van der Waals surface area contributed by atoms with Crippen molar-refractivity contribution < 1.29 is 18.3 Å². The molecule has 3 aromatic heterocycles. The summed E-state index contributed by atoms with van der Waals surface area (Å²) < 4.78 is 41.9. The number of hydrogen-bond acceptors (Lipinski definition) is 7. The molecule has 0 aliphatic heterocycles. The average Bonchev–Trinajstić information content (AvgIpc) is 3.26. The van der Waals surface area contributed by atoms with Gasteiger partial charge < -0.3 is 20.5 Å². The first kappa shape index (κ1) is 25.2. The Labute approximate surface area is 213 Å². The molecule has 0 radical (unpaired) electrons. The van der Waals surface area contributed by atoms with Crippen molar-refractivity contribution in [3.8, 4) is 11.3 Å². The summed E-state index contributed by atoms with van der Waals surface area (Å²) in [6.07, 6.45) is 6.88. The molecule has 0 amide bonds. The normalized spacial score (nSPS) is 21.9. The van der Waals surface area contributed by atoms with E-state index in [2.05, 4.69) is 27.3 Å². The molecule has 194 valence electrons. The fourth-order valence-electron chi connectivity index (χ4n) is 5.43. The van der Waals surface area contributed by atoms with Gasteiger partial charge in [-0.1, -0.05) is 6.92 Å². The number of nitrogens with one attached hydrogen (secondary N) is 1. The third kappa shape index (κ3) is 4.92. The van der Waals surface area contributed by atoms with E-state index < -0.39 is 11.6 Å². The maximum Gasteiger partial charge on any atom is 0.229 e. The van der Waals surface area contributed by atoms with E-state index in [9.17, 15) is 8.78 Å². The largest absolute Gasteiger partial charge is 0.380 e. The molecule has 3 N–H and O–H groups in total. The Bertz CT molecular complexity index is 1380. The predicted octanol–water partition coefficient (Wildman–Crippen LogP) is 4.82. The van der Waals surface area contributed by atoms with Gasteiger partial charge in [0.15, 0.2) is 0 Å². The second-order valence-electron chi connectivity index (χ2n) is 9.60. The first-order chi connectivity index (χ1) is 17.9. The van der Waals surface area contributed by atoms with E-state index in [0.29, 0.717) is 22.9 Å². The summed E-state index contributed by atoms with van der Waals surface area (Å²) in [5.41, 5.74) is 9.31. The van der Waals surface area contributed by atoms with Crippen LogP contribution in [0.3, 0.4) is 0 Å². The van der Waals surface area contributed by atoms with Gasteiger partial charge in [0.2, 0.25) is 5.95 Å². The van der Waals surface area contributed by atoms with Gasteiger partial charge in [0.05, 0.1) is 47.6 Å². The molecular weight excluding hydrogens is 478 g/mol. The number of anilines is 2. The zero-order valence-electron chi connectivity index (χ0n) is 21.0. The number of benzene rings is 1. The van der Waals surface area contributed by atoms with Crippen molar-refractivity contribution in [1.29, 1.82) is 0 Å². The number of hydrogen-bond donors (Lipinski definition) is 2. The topological polar surface area (TPSA) is 99.6 Å². The Morgan fingerprint density at radius 2 is 1.89 bits per heavy atom. The minimum absolute atomic E-state index is 0.0257. The summed E-state index contributed by atoms with van der Waals surface area (Å²) in [6.45, 7) is 2.27. The van der Waals surface area contributed by atoms with Crippen molar-refractivity contribution in [2.24, 2.45) is 11.7 Å². The Kier molecular flexibility index (Phi) is 7.14. The maximum atomic E-state index is 14.9. The van der Waals surface area contributed by atoms with Crippen LogP contribution >= 0.6 is 0 Å². The molecule has 1 aliphatic carbocycles. The molecule has 1 fully saturated rings. The Morgan fingerprint density at radius 1 is 1.11 bits per heavy atom. The van der Waals surface area contributed by atoms with Crippen molar-refractivity contribution in [1.82, 2.24) is 19.6 Å². The van der Waals surface area contributed by atoms with E-state index in [4.69, 9.17) is 15.2 Å². The molecule has 8 nitrogen and oxygen atoms in total. The molecule has 5 rings (SSSR count). The molecule has 1 saturated carbocycles. The lowest BCUT2D eigenvalue weighted by Gasteiger charge is -2.38. The van der Waals surface area contributed by atoms with Gasteiger partial charge in [-0.25, -0.2) is 13.8 Å². The maximum absolute atomic E-state index is 14.9. The minimum Gasteiger partial charge on any atom is -0.380 e. The number of fused-ring (bicyclic) bond motifs is 1. The van der Waals surface area contributed by atoms with Crippen molar-refractivity contribution in [3.63, 3.8) is 0 Å². The van der Waals surface area contributed by atoms with Crippen LogP contribution in [0.15, 0.2) is 48.9 Å². The lowest BCUT2D eigenvalue weighted by atomic mass is 9.74. The van der Waals surface area contributed by atoms with Gasteiger partial charge in [0.25, 0.3) is 0 Å². The fraction of sp³-hybridized carbons (Fsp3) is 0.370. The number of halogens is 2. The van der Waals surface area contributed by atoms with Crippen LogP contribution in [0, 0.1) is 17.6 Å². The molecule has 1 aromatic carbocycles. The summed E-state index contributed by atoms with van der Waals surface area (Å²) in [7, 11) is 3.18. The van der Waals surface area contributed by atoms with Crippen LogP contribution < -0.4 is 11.1 Å². The van der Waals surface area contributed by atoms with Crippen LogP contribution in [0.25, 0.3) is 16.8 Å². The third-order valence-corrected chi connectivity index (χ3v) is 7.06. The Hall–Kier alpha value is -3.47. The van der Waals surface area contributed by atoms with Gasteiger partial charge in [-0.15, -0.1) is 0 Å². The van der Waals surface area contributed by atoms with Crippen LogP contribution in [-0.2, 0) is 16.1 Å². The molecule has 4 aromatic rings. The number of aromatic nitrogens is 4. The number of ether oxygens (including phenoxy) is 2. The summed E-state index contributed by atoms with van der Waals surface area (Å²) >= 11 is 0. The van der Waals surface area contributed by atoms with Gasteiger partial charge in [-0.3, -0.25) is 4.98 Å². The monoisotopic (exact) mass is 508 g/mol.